The molecule has 2 amide bonds. The van der Waals surface area contributed by atoms with Gasteiger partial charge >= 0.3 is 5.97 Å². The maximum Gasteiger partial charge on any atom is 0.329 e. The lowest BCUT2D eigenvalue weighted by Gasteiger charge is -2.23. The van der Waals surface area contributed by atoms with Crippen LogP contribution < -0.4 is 10.6 Å². The first-order chi connectivity index (χ1) is 11.8. The molecule has 25 heavy (non-hydrogen) atoms. The summed E-state index contributed by atoms with van der Waals surface area (Å²) in [6.07, 6.45) is 1.05. The van der Waals surface area contributed by atoms with Gasteiger partial charge in [0.25, 0.3) is 11.8 Å². The maximum atomic E-state index is 12.5. The topological polar surface area (TPSA) is 84.5 Å². The fourth-order valence-electron chi connectivity index (χ4n) is 2.39. The van der Waals surface area contributed by atoms with E-state index in [0.29, 0.717) is 5.56 Å². The van der Waals surface area contributed by atoms with Crippen molar-refractivity contribution in [2.45, 2.75) is 58.7 Å². The van der Waals surface area contributed by atoms with Gasteiger partial charge in [-0.1, -0.05) is 32.0 Å². The van der Waals surface area contributed by atoms with Gasteiger partial charge in [-0.3, -0.25) is 9.59 Å². The summed E-state index contributed by atoms with van der Waals surface area (Å²) in [4.78, 5) is 36.8. The Morgan fingerprint density at radius 3 is 2.32 bits per heavy atom. The molecule has 136 valence electrons. The number of amides is 2. The molecule has 1 aliphatic carbocycles. The van der Waals surface area contributed by atoms with Gasteiger partial charge in [-0.25, -0.2) is 4.79 Å². The van der Waals surface area contributed by atoms with Crippen LogP contribution in [-0.2, 0) is 14.3 Å². The minimum absolute atomic E-state index is 0.167. The number of ether oxygens (including phenoxy) is 1. The minimum Gasteiger partial charge on any atom is -0.451 e. The van der Waals surface area contributed by atoms with Crippen molar-refractivity contribution in [2.75, 3.05) is 0 Å². The third-order valence-corrected chi connectivity index (χ3v) is 4.18. The number of carbonyl (C=O) groups excluding carboxylic acids is 3. The number of nitrogens with one attached hydrogen (secondary N) is 2. The molecule has 0 heterocycles. The number of benzene rings is 1. The van der Waals surface area contributed by atoms with Gasteiger partial charge in [0.1, 0.15) is 6.04 Å². The molecule has 0 aliphatic heterocycles. The molecule has 1 aromatic rings. The number of esters is 1. The standard InChI is InChI=1S/C19H26N2O4/c1-11(2)16(21-18(23)15-8-6-5-7-12(15)3)19(24)25-13(4)17(22)20-14-9-10-14/h5-8,11,13-14,16H,9-10H2,1-4H3,(H,20,22)(H,21,23)/t13-,16+/m0/s1. The van der Waals surface area contributed by atoms with Crippen LogP contribution in [-0.4, -0.2) is 36.0 Å². The molecule has 0 radical (unpaired) electrons. The van der Waals surface area contributed by atoms with Crippen LogP contribution in [0.2, 0.25) is 0 Å². The predicted molar refractivity (Wildman–Crippen MR) is 94.0 cm³/mol. The molecular weight excluding hydrogens is 320 g/mol. The highest BCUT2D eigenvalue weighted by atomic mass is 16.5. The highest BCUT2D eigenvalue weighted by molar-refractivity contribution is 5.98. The molecule has 6 nitrogen and oxygen atoms in total. The van der Waals surface area contributed by atoms with E-state index in [1.807, 2.05) is 32.9 Å². The number of hydrogen-bond acceptors (Lipinski definition) is 4. The highest BCUT2D eigenvalue weighted by Gasteiger charge is 2.31. The van der Waals surface area contributed by atoms with Crippen molar-refractivity contribution in [1.29, 1.82) is 0 Å². The summed E-state index contributed by atoms with van der Waals surface area (Å²) in [5.74, 6) is -1.40. The van der Waals surface area contributed by atoms with Gasteiger partial charge in [-0.2, -0.15) is 0 Å². The second kappa shape index (κ2) is 8.14. The van der Waals surface area contributed by atoms with Crippen LogP contribution in [0.1, 0.15) is 49.5 Å². The van der Waals surface area contributed by atoms with E-state index in [1.165, 1.54) is 6.92 Å². The number of hydrogen-bond donors (Lipinski definition) is 2. The van der Waals surface area contributed by atoms with Crippen LogP contribution >= 0.6 is 0 Å². The Labute approximate surface area is 148 Å². The zero-order valence-electron chi connectivity index (χ0n) is 15.2. The van der Waals surface area contributed by atoms with Crippen LogP contribution in [0.3, 0.4) is 0 Å². The van der Waals surface area contributed by atoms with Gasteiger partial charge < -0.3 is 15.4 Å². The van der Waals surface area contributed by atoms with E-state index < -0.39 is 18.1 Å². The van der Waals surface area contributed by atoms with Crippen molar-refractivity contribution in [3.8, 4) is 0 Å². The number of aryl methyl sites for hydroxylation is 1. The van der Waals surface area contributed by atoms with E-state index in [-0.39, 0.29) is 23.8 Å². The first-order valence-electron chi connectivity index (χ1n) is 8.67. The highest BCUT2D eigenvalue weighted by Crippen LogP contribution is 2.19. The lowest BCUT2D eigenvalue weighted by atomic mass is 10.0. The predicted octanol–water partition coefficient (Wildman–Crippen LogP) is 1.96. The van der Waals surface area contributed by atoms with Gasteiger partial charge in [0.2, 0.25) is 0 Å². The summed E-state index contributed by atoms with van der Waals surface area (Å²) in [6, 6.07) is 6.55. The Kier molecular flexibility index (Phi) is 6.17. The zero-order valence-corrected chi connectivity index (χ0v) is 15.2. The molecule has 6 heteroatoms. The average Bonchev–Trinajstić information content (AvgIpc) is 3.36. The Balaban J connectivity index is 1.98. The Bertz CT molecular complexity index is 653. The minimum atomic E-state index is -0.885. The third-order valence-electron chi connectivity index (χ3n) is 4.18. The van der Waals surface area contributed by atoms with E-state index in [2.05, 4.69) is 10.6 Å². The summed E-state index contributed by atoms with van der Waals surface area (Å²) in [6.45, 7) is 7.01. The van der Waals surface area contributed by atoms with E-state index in [0.717, 1.165) is 18.4 Å². The molecule has 0 bridgehead atoms. The summed E-state index contributed by atoms with van der Waals surface area (Å²) >= 11 is 0. The Hall–Kier alpha value is -2.37. The first kappa shape index (κ1) is 19.0. The van der Waals surface area contributed by atoms with Gasteiger partial charge in [0, 0.05) is 11.6 Å². The monoisotopic (exact) mass is 346 g/mol. The van der Waals surface area contributed by atoms with Crippen LogP contribution in [0.5, 0.6) is 0 Å². The molecule has 1 fully saturated rings. The molecule has 1 saturated carbocycles. The van der Waals surface area contributed by atoms with Crippen molar-refractivity contribution in [3.63, 3.8) is 0 Å². The van der Waals surface area contributed by atoms with Crippen molar-refractivity contribution < 1.29 is 19.1 Å². The zero-order chi connectivity index (χ0) is 18.6. The molecule has 0 saturated heterocycles. The van der Waals surface area contributed by atoms with E-state index in [4.69, 9.17) is 4.74 Å². The van der Waals surface area contributed by atoms with E-state index in [9.17, 15) is 14.4 Å². The molecular formula is C19H26N2O4. The molecule has 0 spiro atoms. The second-order valence-corrected chi connectivity index (χ2v) is 6.87. The number of carbonyl (C=O) groups is 3. The van der Waals surface area contributed by atoms with Gasteiger partial charge in [0.05, 0.1) is 0 Å². The SMILES string of the molecule is Cc1ccccc1C(=O)N[C@@H](C(=O)O[C@@H](C)C(=O)NC1CC1)C(C)C. The normalized spacial score (nSPS) is 16.0. The molecule has 2 rings (SSSR count). The van der Waals surface area contributed by atoms with Gasteiger partial charge in [-0.05, 0) is 44.2 Å². The van der Waals surface area contributed by atoms with Crippen molar-refractivity contribution in [2.24, 2.45) is 5.92 Å². The van der Waals surface area contributed by atoms with E-state index >= 15 is 0 Å². The fraction of sp³-hybridized carbons (Fsp3) is 0.526. The second-order valence-electron chi connectivity index (χ2n) is 6.87. The lowest BCUT2D eigenvalue weighted by Crippen LogP contribution is -2.48. The number of rotatable bonds is 7. The van der Waals surface area contributed by atoms with E-state index in [1.54, 1.807) is 12.1 Å². The largest absolute Gasteiger partial charge is 0.451 e. The summed E-state index contributed by atoms with van der Waals surface area (Å²) in [5.41, 5.74) is 1.34. The smallest absolute Gasteiger partial charge is 0.329 e. The van der Waals surface area contributed by atoms with Crippen LogP contribution in [0.15, 0.2) is 24.3 Å². The average molecular weight is 346 g/mol. The van der Waals surface area contributed by atoms with Crippen LogP contribution in [0.25, 0.3) is 0 Å². The van der Waals surface area contributed by atoms with Crippen molar-refractivity contribution in [3.05, 3.63) is 35.4 Å². The molecule has 1 aliphatic rings. The van der Waals surface area contributed by atoms with Crippen LogP contribution in [0, 0.1) is 12.8 Å². The van der Waals surface area contributed by atoms with Crippen molar-refractivity contribution >= 4 is 17.8 Å². The summed E-state index contributed by atoms with van der Waals surface area (Å²) in [7, 11) is 0. The molecule has 0 unspecified atom stereocenters. The molecule has 1 aromatic carbocycles. The quantitative estimate of drug-likeness (QED) is 0.739. The van der Waals surface area contributed by atoms with Gasteiger partial charge in [0.15, 0.2) is 6.10 Å². The molecule has 2 atom stereocenters. The first-order valence-corrected chi connectivity index (χ1v) is 8.67. The maximum absolute atomic E-state index is 12.5. The third kappa shape index (κ3) is 5.31. The Morgan fingerprint density at radius 1 is 1.12 bits per heavy atom. The Morgan fingerprint density at radius 2 is 1.76 bits per heavy atom. The van der Waals surface area contributed by atoms with Crippen LogP contribution in [0.4, 0.5) is 0 Å². The molecule has 2 N–H and O–H groups in total. The fourth-order valence-corrected chi connectivity index (χ4v) is 2.39. The lowest BCUT2D eigenvalue weighted by molar-refractivity contribution is -0.157. The summed E-state index contributed by atoms with van der Waals surface area (Å²) in [5, 5.41) is 5.52. The summed E-state index contributed by atoms with van der Waals surface area (Å²) < 4.78 is 5.27. The molecule has 0 aromatic heterocycles. The van der Waals surface area contributed by atoms with Gasteiger partial charge in [-0.15, -0.1) is 0 Å². The van der Waals surface area contributed by atoms with Crippen molar-refractivity contribution in [1.82, 2.24) is 10.6 Å².